The van der Waals surface area contributed by atoms with Gasteiger partial charge in [0, 0.05) is 34.9 Å². The highest BCUT2D eigenvalue weighted by atomic mass is 32.2. The molecule has 3 heterocycles. The molecular weight excluding hydrogens is 380 g/mol. The number of nitrogens with zero attached hydrogens (tertiary/aromatic N) is 1. The molecule has 1 amide bonds. The van der Waals surface area contributed by atoms with Gasteiger partial charge in [0.1, 0.15) is 11.9 Å². The number of benzene rings is 1. The number of nitrogens with one attached hydrogen (secondary N) is 3. The minimum atomic E-state index is -0.793. The Morgan fingerprint density at radius 3 is 2.93 bits per heavy atom. The predicted molar refractivity (Wildman–Crippen MR) is 107 cm³/mol. The summed E-state index contributed by atoms with van der Waals surface area (Å²) in [5.41, 5.74) is 2.18. The molecule has 0 radical (unpaired) electrons. The van der Waals surface area contributed by atoms with Crippen LogP contribution in [0.25, 0.3) is 0 Å². The molecule has 2 unspecified atom stereocenters. The zero-order valence-corrected chi connectivity index (χ0v) is 16.9. The number of ether oxygens (including phenoxy) is 2. The van der Waals surface area contributed by atoms with Crippen LogP contribution in [0.4, 0.5) is 16.3 Å². The number of H-pyrrole nitrogens is 1. The smallest absolute Gasteiger partial charge is 0.407 e. The van der Waals surface area contributed by atoms with Gasteiger partial charge in [0.05, 0.1) is 30.2 Å². The molecule has 3 N–H and O–H groups in total. The summed E-state index contributed by atoms with van der Waals surface area (Å²) in [5, 5.41) is 12.6. The topological polar surface area (TPSA) is 105 Å². The third-order valence-electron chi connectivity index (χ3n) is 4.21. The second kappa shape index (κ2) is 9.70. The molecule has 0 aliphatic carbocycles. The van der Waals surface area contributed by atoms with Crippen LogP contribution in [0.3, 0.4) is 0 Å². The maximum Gasteiger partial charge on any atom is 0.407 e. The van der Waals surface area contributed by atoms with Crippen LogP contribution >= 0.6 is 0 Å². The average Bonchev–Trinajstić information content (AvgIpc) is 3.39. The minimum Gasteiger partial charge on any atom is -0.444 e. The summed E-state index contributed by atoms with van der Waals surface area (Å²) in [6.45, 7) is 5.02. The second-order valence-electron chi connectivity index (χ2n) is 6.91. The van der Waals surface area contributed by atoms with Crippen molar-refractivity contribution in [3.8, 4) is 0 Å². The van der Waals surface area contributed by atoms with E-state index in [4.69, 9.17) is 9.47 Å². The number of fused-ring (bicyclic) bond motifs is 1. The van der Waals surface area contributed by atoms with Crippen LogP contribution in [-0.2, 0) is 26.7 Å². The van der Waals surface area contributed by atoms with Gasteiger partial charge in [0.15, 0.2) is 0 Å². The van der Waals surface area contributed by atoms with Crippen LogP contribution < -0.4 is 10.6 Å². The summed E-state index contributed by atoms with van der Waals surface area (Å²) in [7, 11) is -0.793. The van der Waals surface area contributed by atoms with Crippen LogP contribution in [0.15, 0.2) is 35.4 Å². The highest BCUT2D eigenvalue weighted by Gasteiger charge is 2.20. The fourth-order valence-electron chi connectivity index (χ4n) is 2.90. The summed E-state index contributed by atoms with van der Waals surface area (Å²) in [5.74, 6) is 1.61. The molecule has 1 aromatic heterocycles. The number of alkyl carbamates (subject to hydrolysis) is 1. The van der Waals surface area contributed by atoms with Crippen molar-refractivity contribution in [1.29, 1.82) is 0 Å². The average molecular weight is 407 g/mol. The third-order valence-corrected chi connectivity index (χ3v) is 5.67. The lowest BCUT2D eigenvalue weighted by atomic mass is 10.1. The van der Waals surface area contributed by atoms with Gasteiger partial charge in [0.25, 0.3) is 0 Å². The van der Waals surface area contributed by atoms with Crippen LogP contribution in [0.5, 0.6) is 0 Å². The Hall–Kier alpha value is -2.39. The van der Waals surface area contributed by atoms with E-state index in [-0.39, 0.29) is 18.2 Å². The third kappa shape index (κ3) is 5.80. The zero-order valence-electron chi connectivity index (χ0n) is 16.1. The van der Waals surface area contributed by atoms with Crippen molar-refractivity contribution < 1.29 is 18.5 Å². The Morgan fingerprint density at radius 1 is 1.39 bits per heavy atom. The number of hydrogen-bond donors (Lipinski definition) is 3. The molecule has 2 atom stereocenters. The van der Waals surface area contributed by atoms with Gasteiger partial charge in [-0.3, -0.25) is 9.31 Å². The molecule has 0 spiro atoms. The van der Waals surface area contributed by atoms with Crippen molar-refractivity contribution in [2.45, 2.75) is 43.7 Å². The Kier molecular flexibility index (Phi) is 7.05. The largest absolute Gasteiger partial charge is 0.444 e. The Balaban J connectivity index is 0.000000169. The number of aromatic amines is 1. The van der Waals surface area contributed by atoms with Gasteiger partial charge in [-0.1, -0.05) is 0 Å². The summed E-state index contributed by atoms with van der Waals surface area (Å²) in [4.78, 5) is 12.0. The van der Waals surface area contributed by atoms with E-state index < -0.39 is 10.8 Å². The molecular formula is C19H26N4O4S. The number of anilines is 2. The molecule has 2 aliphatic rings. The van der Waals surface area contributed by atoms with Crippen molar-refractivity contribution in [3.63, 3.8) is 0 Å². The fourth-order valence-corrected chi connectivity index (χ4v) is 4.19. The van der Waals surface area contributed by atoms with Crippen molar-refractivity contribution in [3.05, 3.63) is 36.0 Å². The molecule has 2 aliphatic heterocycles. The maximum absolute atomic E-state index is 11.6. The molecule has 2 aromatic rings. The molecule has 9 heteroatoms. The lowest BCUT2D eigenvalue weighted by molar-refractivity contribution is 0.0817. The molecule has 1 aromatic carbocycles. The zero-order chi connectivity index (χ0) is 19.9. The van der Waals surface area contributed by atoms with E-state index in [2.05, 4.69) is 26.9 Å². The first-order valence-electron chi connectivity index (χ1n) is 9.34. The van der Waals surface area contributed by atoms with Crippen LogP contribution in [0.1, 0.15) is 25.8 Å². The summed E-state index contributed by atoms with van der Waals surface area (Å²) in [6, 6.07) is 7.94. The van der Waals surface area contributed by atoms with Crippen LogP contribution in [0.2, 0.25) is 0 Å². The summed E-state index contributed by atoms with van der Waals surface area (Å²) >= 11 is 0. The van der Waals surface area contributed by atoms with E-state index in [1.54, 1.807) is 6.20 Å². The second-order valence-corrected chi connectivity index (χ2v) is 8.45. The van der Waals surface area contributed by atoms with Crippen LogP contribution in [0, 0.1) is 0 Å². The van der Waals surface area contributed by atoms with E-state index in [1.165, 1.54) is 5.56 Å². The van der Waals surface area contributed by atoms with Gasteiger partial charge < -0.3 is 20.1 Å². The number of hydrogen-bond acceptors (Lipinski definition) is 6. The first kappa shape index (κ1) is 20.3. The summed E-state index contributed by atoms with van der Waals surface area (Å²) in [6.07, 6.45) is 3.01. The molecule has 1 saturated heterocycles. The minimum absolute atomic E-state index is 0.0521. The normalized spacial score (nSPS) is 20.2. The quantitative estimate of drug-likeness (QED) is 0.721. The van der Waals surface area contributed by atoms with E-state index >= 15 is 0 Å². The highest BCUT2D eigenvalue weighted by molar-refractivity contribution is 7.85. The number of aryl methyl sites for hydroxylation is 1. The molecule has 0 saturated carbocycles. The lowest BCUT2D eigenvalue weighted by Crippen LogP contribution is -2.33. The monoisotopic (exact) mass is 406 g/mol. The molecule has 8 nitrogen and oxygen atoms in total. The Labute approximate surface area is 166 Å². The highest BCUT2D eigenvalue weighted by Crippen LogP contribution is 2.26. The number of aromatic nitrogens is 2. The van der Waals surface area contributed by atoms with Gasteiger partial charge in [0.2, 0.25) is 0 Å². The number of carbonyl (C=O) groups excluding carboxylic acids is 1. The molecule has 28 heavy (non-hydrogen) atoms. The van der Waals surface area contributed by atoms with Gasteiger partial charge in [-0.25, -0.2) is 4.79 Å². The van der Waals surface area contributed by atoms with E-state index in [0.717, 1.165) is 35.0 Å². The molecule has 152 valence electrons. The Bertz CT molecular complexity index is 804. The van der Waals surface area contributed by atoms with E-state index in [9.17, 15) is 9.00 Å². The standard InChI is InChI=1S/C11H11N3OS.C8H15NO3/c15-16-6-4-8-7-9(1-2-10(8)16)13-11-3-5-12-14-11;1-6(2)9-8(10)12-7-3-4-11-5-7/h1-3,5,7H,4,6H2,(H2,12,13,14);6-7H,3-5H2,1-2H3,(H,9,10). The SMILES string of the molecule is CC(C)NC(=O)OC1CCOC1.O=S1CCc2cc(Nc3ccn[nH]3)ccc21. The number of amides is 1. The summed E-state index contributed by atoms with van der Waals surface area (Å²) < 4.78 is 21.7. The van der Waals surface area contributed by atoms with Crippen molar-refractivity contribution in [2.24, 2.45) is 0 Å². The van der Waals surface area contributed by atoms with Crippen molar-refractivity contribution >= 4 is 28.4 Å². The van der Waals surface area contributed by atoms with Gasteiger partial charge >= 0.3 is 6.09 Å². The fraction of sp³-hybridized carbons (Fsp3) is 0.474. The first-order chi connectivity index (χ1) is 13.5. The van der Waals surface area contributed by atoms with E-state index in [0.29, 0.717) is 13.2 Å². The van der Waals surface area contributed by atoms with Crippen LogP contribution in [-0.4, -0.2) is 51.6 Å². The number of rotatable bonds is 4. The van der Waals surface area contributed by atoms with Crippen molar-refractivity contribution in [2.75, 3.05) is 24.3 Å². The van der Waals surface area contributed by atoms with Crippen molar-refractivity contribution in [1.82, 2.24) is 15.5 Å². The number of carbonyl (C=O) groups is 1. The predicted octanol–water partition coefficient (Wildman–Crippen LogP) is 2.73. The first-order valence-corrected chi connectivity index (χ1v) is 10.7. The molecule has 1 fully saturated rings. The molecule has 0 bridgehead atoms. The lowest BCUT2D eigenvalue weighted by Gasteiger charge is -2.12. The Morgan fingerprint density at radius 2 is 2.25 bits per heavy atom. The van der Waals surface area contributed by atoms with Gasteiger partial charge in [-0.15, -0.1) is 0 Å². The van der Waals surface area contributed by atoms with Gasteiger partial charge in [-0.05, 0) is 44.0 Å². The molecule has 4 rings (SSSR count). The van der Waals surface area contributed by atoms with Gasteiger partial charge in [-0.2, -0.15) is 5.10 Å². The maximum atomic E-state index is 11.6. The van der Waals surface area contributed by atoms with E-state index in [1.807, 2.05) is 32.0 Å².